The van der Waals surface area contributed by atoms with Gasteiger partial charge in [-0.05, 0) is 31.4 Å². The van der Waals surface area contributed by atoms with Crippen LogP contribution in [0.4, 0.5) is 5.69 Å². The molecule has 0 aliphatic rings. The van der Waals surface area contributed by atoms with Crippen molar-refractivity contribution in [3.05, 3.63) is 29.3 Å². The van der Waals surface area contributed by atoms with Crippen LogP contribution in [-0.4, -0.2) is 17.0 Å². The first kappa shape index (κ1) is 13.2. The Morgan fingerprint density at radius 2 is 1.82 bits per heavy atom. The van der Waals surface area contributed by atoms with Crippen molar-refractivity contribution < 1.29 is 14.7 Å². The number of anilines is 1. The molecular weight excluding hydrogens is 218 g/mol. The molecule has 0 aliphatic heterocycles. The fourth-order valence-electron chi connectivity index (χ4n) is 1.69. The van der Waals surface area contributed by atoms with Crippen LogP contribution in [0.2, 0.25) is 0 Å². The molecule has 0 bridgehead atoms. The van der Waals surface area contributed by atoms with Crippen LogP contribution >= 0.6 is 0 Å². The van der Waals surface area contributed by atoms with Crippen LogP contribution in [0.15, 0.2) is 18.2 Å². The molecule has 1 amide bonds. The van der Waals surface area contributed by atoms with Gasteiger partial charge in [-0.15, -0.1) is 0 Å². The lowest BCUT2D eigenvalue weighted by Crippen LogP contribution is -2.29. The molecule has 1 unspecified atom stereocenters. The van der Waals surface area contributed by atoms with Gasteiger partial charge < -0.3 is 10.4 Å². The maximum absolute atomic E-state index is 11.8. The number of para-hydroxylation sites is 1. The molecule has 1 aromatic carbocycles. The van der Waals surface area contributed by atoms with Gasteiger partial charge in [0.1, 0.15) is 5.92 Å². The van der Waals surface area contributed by atoms with E-state index >= 15 is 0 Å². The average molecular weight is 235 g/mol. The Bertz CT molecular complexity index is 420. The largest absolute Gasteiger partial charge is 0.481 e. The van der Waals surface area contributed by atoms with Gasteiger partial charge >= 0.3 is 5.97 Å². The number of carboxylic acids is 1. The van der Waals surface area contributed by atoms with Crippen LogP contribution in [0.1, 0.15) is 24.5 Å². The summed E-state index contributed by atoms with van der Waals surface area (Å²) in [5, 5.41) is 11.6. The van der Waals surface area contributed by atoms with Crippen LogP contribution < -0.4 is 5.32 Å². The van der Waals surface area contributed by atoms with Gasteiger partial charge in [0.2, 0.25) is 5.91 Å². The van der Waals surface area contributed by atoms with E-state index in [2.05, 4.69) is 5.32 Å². The van der Waals surface area contributed by atoms with E-state index in [0.717, 1.165) is 11.1 Å². The first-order valence-electron chi connectivity index (χ1n) is 5.57. The van der Waals surface area contributed by atoms with Crippen molar-refractivity contribution >= 4 is 17.6 Å². The summed E-state index contributed by atoms with van der Waals surface area (Å²) >= 11 is 0. The van der Waals surface area contributed by atoms with E-state index in [-0.39, 0.29) is 6.42 Å². The molecule has 0 saturated heterocycles. The van der Waals surface area contributed by atoms with E-state index in [0.29, 0.717) is 5.69 Å². The van der Waals surface area contributed by atoms with Crippen molar-refractivity contribution in [2.45, 2.75) is 27.2 Å². The number of carbonyl (C=O) groups excluding carboxylic acids is 1. The minimum Gasteiger partial charge on any atom is -0.481 e. The lowest BCUT2D eigenvalue weighted by molar-refractivity contribution is -0.145. The first-order valence-corrected chi connectivity index (χ1v) is 5.57. The number of hydrogen-bond donors (Lipinski definition) is 2. The van der Waals surface area contributed by atoms with E-state index in [1.807, 2.05) is 32.0 Å². The summed E-state index contributed by atoms with van der Waals surface area (Å²) < 4.78 is 0. The second kappa shape index (κ2) is 5.48. The number of amides is 1. The Hall–Kier alpha value is -1.84. The van der Waals surface area contributed by atoms with Gasteiger partial charge in [-0.1, -0.05) is 25.1 Å². The molecule has 2 N–H and O–H groups in total. The van der Waals surface area contributed by atoms with Crippen molar-refractivity contribution in [1.29, 1.82) is 0 Å². The third kappa shape index (κ3) is 3.06. The van der Waals surface area contributed by atoms with E-state index in [9.17, 15) is 9.59 Å². The zero-order chi connectivity index (χ0) is 13.0. The van der Waals surface area contributed by atoms with Gasteiger partial charge in [0.15, 0.2) is 0 Å². The Labute approximate surface area is 101 Å². The Morgan fingerprint density at radius 1 is 1.29 bits per heavy atom. The number of nitrogens with one attached hydrogen (secondary N) is 1. The van der Waals surface area contributed by atoms with Crippen molar-refractivity contribution in [3.8, 4) is 0 Å². The molecule has 0 heterocycles. The number of aryl methyl sites for hydroxylation is 2. The zero-order valence-corrected chi connectivity index (χ0v) is 10.3. The molecule has 1 aromatic rings. The van der Waals surface area contributed by atoms with Gasteiger partial charge in [-0.3, -0.25) is 9.59 Å². The van der Waals surface area contributed by atoms with E-state index in [1.54, 1.807) is 6.92 Å². The zero-order valence-electron chi connectivity index (χ0n) is 10.3. The van der Waals surface area contributed by atoms with Crippen LogP contribution in [0.25, 0.3) is 0 Å². The quantitative estimate of drug-likeness (QED) is 0.787. The smallest absolute Gasteiger partial charge is 0.316 e. The molecule has 0 saturated carbocycles. The second-order valence-corrected chi connectivity index (χ2v) is 4.06. The summed E-state index contributed by atoms with van der Waals surface area (Å²) in [7, 11) is 0. The third-order valence-corrected chi connectivity index (χ3v) is 2.75. The number of aliphatic carboxylic acids is 1. The van der Waals surface area contributed by atoms with Crippen molar-refractivity contribution in [3.63, 3.8) is 0 Å². The molecule has 0 fully saturated rings. The maximum Gasteiger partial charge on any atom is 0.316 e. The normalized spacial score (nSPS) is 11.9. The predicted molar refractivity (Wildman–Crippen MR) is 66.0 cm³/mol. The number of carbonyl (C=O) groups is 2. The lowest BCUT2D eigenvalue weighted by atomic mass is 10.0. The molecular formula is C13H17NO3. The van der Waals surface area contributed by atoms with Crippen LogP contribution in [0, 0.1) is 19.8 Å². The molecule has 1 rings (SSSR count). The molecule has 4 heteroatoms. The van der Waals surface area contributed by atoms with Crippen molar-refractivity contribution in [2.24, 2.45) is 5.92 Å². The highest BCUT2D eigenvalue weighted by Gasteiger charge is 2.24. The molecule has 0 aliphatic carbocycles. The second-order valence-electron chi connectivity index (χ2n) is 4.06. The van der Waals surface area contributed by atoms with Gasteiger partial charge in [0, 0.05) is 5.69 Å². The maximum atomic E-state index is 11.8. The molecule has 17 heavy (non-hydrogen) atoms. The fourth-order valence-corrected chi connectivity index (χ4v) is 1.69. The summed E-state index contributed by atoms with van der Waals surface area (Å²) in [6, 6.07) is 5.66. The highest BCUT2D eigenvalue weighted by Crippen LogP contribution is 2.20. The highest BCUT2D eigenvalue weighted by atomic mass is 16.4. The summed E-state index contributed by atoms with van der Waals surface area (Å²) in [6.07, 6.45) is 0.284. The molecule has 92 valence electrons. The summed E-state index contributed by atoms with van der Waals surface area (Å²) in [5.74, 6) is -2.54. The Balaban J connectivity index is 2.91. The van der Waals surface area contributed by atoms with Crippen LogP contribution in [-0.2, 0) is 9.59 Å². The van der Waals surface area contributed by atoms with E-state index < -0.39 is 17.8 Å². The monoisotopic (exact) mass is 235 g/mol. The first-order chi connectivity index (χ1) is 7.97. The van der Waals surface area contributed by atoms with Gasteiger partial charge in [-0.2, -0.15) is 0 Å². The van der Waals surface area contributed by atoms with Crippen molar-refractivity contribution in [2.75, 3.05) is 5.32 Å². The van der Waals surface area contributed by atoms with Gasteiger partial charge in [0.05, 0.1) is 0 Å². The predicted octanol–water partition coefficient (Wildman–Crippen LogP) is 2.35. The SMILES string of the molecule is CCC(C(=O)O)C(=O)Nc1c(C)cccc1C. The minimum atomic E-state index is -1.09. The van der Waals surface area contributed by atoms with Gasteiger partial charge in [0.25, 0.3) is 0 Å². The molecule has 0 aromatic heterocycles. The molecule has 0 spiro atoms. The third-order valence-electron chi connectivity index (χ3n) is 2.75. The standard InChI is InChI=1S/C13H17NO3/c1-4-10(13(16)17)12(15)14-11-8(2)6-5-7-9(11)3/h5-7,10H,4H2,1-3H3,(H,14,15)(H,16,17). The topological polar surface area (TPSA) is 66.4 Å². The summed E-state index contributed by atoms with van der Waals surface area (Å²) in [5.41, 5.74) is 2.56. The lowest BCUT2D eigenvalue weighted by Gasteiger charge is -2.14. The average Bonchev–Trinajstić information content (AvgIpc) is 2.24. The molecule has 4 nitrogen and oxygen atoms in total. The number of rotatable bonds is 4. The summed E-state index contributed by atoms with van der Waals surface area (Å²) in [4.78, 5) is 22.7. The van der Waals surface area contributed by atoms with E-state index in [4.69, 9.17) is 5.11 Å². The Kier molecular flexibility index (Phi) is 4.26. The number of benzene rings is 1. The number of carboxylic acid groups (broad SMARTS) is 1. The molecule has 1 atom stereocenters. The van der Waals surface area contributed by atoms with E-state index in [1.165, 1.54) is 0 Å². The van der Waals surface area contributed by atoms with Crippen LogP contribution in [0.5, 0.6) is 0 Å². The van der Waals surface area contributed by atoms with Gasteiger partial charge in [-0.25, -0.2) is 0 Å². The summed E-state index contributed by atoms with van der Waals surface area (Å²) in [6.45, 7) is 5.44. The Morgan fingerprint density at radius 3 is 2.24 bits per heavy atom. The van der Waals surface area contributed by atoms with Crippen LogP contribution in [0.3, 0.4) is 0 Å². The molecule has 0 radical (unpaired) electrons. The number of hydrogen-bond acceptors (Lipinski definition) is 2. The fraction of sp³-hybridized carbons (Fsp3) is 0.385. The van der Waals surface area contributed by atoms with Crippen molar-refractivity contribution in [1.82, 2.24) is 0 Å². The highest BCUT2D eigenvalue weighted by molar-refractivity contribution is 6.04. The minimum absolute atomic E-state index is 0.284.